The molecule has 1 aliphatic rings. The predicted molar refractivity (Wildman–Crippen MR) is 74.2 cm³/mol. The van der Waals surface area contributed by atoms with Gasteiger partial charge in [-0.3, -0.25) is 0 Å². The first-order valence-corrected chi connectivity index (χ1v) is 7.21. The third-order valence-corrected chi connectivity index (χ3v) is 4.20. The zero-order chi connectivity index (χ0) is 13.0. The van der Waals surface area contributed by atoms with Crippen molar-refractivity contribution >= 4 is 15.9 Å². The summed E-state index contributed by atoms with van der Waals surface area (Å²) < 4.78 is 19.5. The summed E-state index contributed by atoms with van der Waals surface area (Å²) in [4.78, 5) is 0. The average molecular weight is 316 g/mol. The highest BCUT2D eigenvalue weighted by Gasteiger charge is 2.20. The maximum atomic E-state index is 13.0. The Kier molecular flexibility index (Phi) is 5.15. The van der Waals surface area contributed by atoms with Crippen LogP contribution in [-0.4, -0.2) is 25.8 Å². The van der Waals surface area contributed by atoms with Crippen LogP contribution in [0.25, 0.3) is 0 Å². The monoisotopic (exact) mass is 315 g/mol. The van der Waals surface area contributed by atoms with Crippen LogP contribution < -0.4 is 5.32 Å². The summed E-state index contributed by atoms with van der Waals surface area (Å²) in [5.41, 5.74) is 1.13. The maximum absolute atomic E-state index is 13.0. The average Bonchev–Trinajstić information content (AvgIpc) is 2.84. The Morgan fingerprint density at radius 3 is 3.00 bits per heavy atom. The Morgan fingerprint density at radius 2 is 2.39 bits per heavy atom. The van der Waals surface area contributed by atoms with Crippen LogP contribution in [0.2, 0.25) is 0 Å². The van der Waals surface area contributed by atoms with Crippen molar-refractivity contribution in [2.75, 3.05) is 13.7 Å². The molecule has 18 heavy (non-hydrogen) atoms. The largest absolute Gasteiger partial charge is 0.378 e. The lowest BCUT2D eigenvalue weighted by atomic mass is 9.99. The fourth-order valence-electron chi connectivity index (χ4n) is 2.40. The molecule has 1 aromatic carbocycles. The van der Waals surface area contributed by atoms with Gasteiger partial charge in [0.2, 0.25) is 0 Å². The van der Waals surface area contributed by atoms with Crippen LogP contribution in [0, 0.1) is 5.82 Å². The third-order valence-electron chi connectivity index (χ3n) is 3.46. The van der Waals surface area contributed by atoms with Crippen molar-refractivity contribution in [3.63, 3.8) is 0 Å². The number of hydrogen-bond donors (Lipinski definition) is 1. The van der Waals surface area contributed by atoms with Crippen molar-refractivity contribution in [1.82, 2.24) is 5.32 Å². The van der Waals surface area contributed by atoms with E-state index in [4.69, 9.17) is 4.74 Å². The molecule has 0 amide bonds. The van der Waals surface area contributed by atoms with Crippen LogP contribution in [0.15, 0.2) is 22.7 Å². The van der Waals surface area contributed by atoms with Gasteiger partial charge in [0.25, 0.3) is 0 Å². The molecule has 2 rings (SSSR count). The van der Waals surface area contributed by atoms with E-state index in [0.717, 1.165) is 35.9 Å². The molecule has 0 bridgehead atoms. The molecule has 2 nitrogen and oxygen atoms in total. The van der Waals surface area contributed by atoms with Gasteiger partial charge in [0.1, 0.15) is 5.82 Å². The minimum Gasteiger partial charge on any atom is -0.378 e. The molecule has 1 N–H and O–H groups in total. The number of benzene rings is 1. The molecule has 0 saturated carbocycles. The van der Waals surface area contributed by atoms with Gasteiger partial charge in [-0.25, -0.2) is 4.39 Å². The molecule has 0 aliphatic carbocycles. The van der Waals surface area contributed by atoms with E-state index in [9.17, 15) is 4.39 Å². The molecule has 0 spiro atoms. The topological polar surface area (TPSA) is 21.3 Å². The van der Waals surface area contributed by atoms with Gasteiger partial charge >= 0.3 is 0 Å². The molecule has 1 heterocycles. The summed E-state index contributed by atoms with van der Waals surface area (Å²) in [7, 11) is 1.97. The Hall–Kier alpha value is -0.450. The van der Waals surface area contributed by atoms with Crippen molar-refractivity contribution in [2.24, 2.45) is 0 Å². The lowest BCUT2D eigenvalue weighted by Crippen LogP contribution is -2.31. The van der Waals surface area contributed by atoms with Gasteiger partial charge in [0.15, 0.2) is 0 Å². The van der Waals surface area contributed by atoms with Crippen LogP contribution in [-0.2, 0) is 11.2 Å². The lowest BCUT2D eigenvalue weighted by molar-refractivity contribution is 0.0954. The Morgan fingerprint density at radius 1 is 1.56 bits per heavy atom. The van der Waals surface area contributed by atoms with Crippen LogP contribution in [0.3, 0.4) is 0 Å². The van der Waals surface area contributed by atoms with E-state index >= 15 is 0 Å². The minimum absolute atomic E-state index is 0.203. The van der Waals surface area contributed by atoms with E-state index in [1.54, 1.807) is 0 Å². The highest BCUT2D eigenvalue weighted by Crippen LogP contribution is 2.23. The minimum atomic E-state index is -0.203. The Balaban J connectivity index is 1.96. The second-order valence-corrected chi connectivity index (χ2v) is 5.65. The van der Waals surface area contributed by atoms with E-state index in [2.05, 4.69) is 21.2 Å². The number of rotatable bonds is 5. The normalized spacial score (nSPS) is 21.2. The van der Waals surface area contributed by atoms with Crippen LogP contribution in [0.4, 0.5) is 4.39 Å². The molecule has 1 aliphatic heterocycles. The van der Waals surface area contributed by atoms with Gasteiger partial charge < -0.3 is 10.1 Å². The summed E-state index contributed by atoms with van der Waals surface area (Å²) in [5.74, 6) is -0.203. The summed E-state index contributed by atoms with van der Waals surface area (Å²) in [6.45, 7) is 0.890. The van der Waals surface area contributed by atoms with Gasteiger partial charge in [0, 0.05) is 17.1 Å². The van der Waals surface area contributed by atoms with Gasteiger partial charge in [-0.1, -0.05) is 22.0 Å². The molecule has 1 fully saturated rings. The standard InChI is InChI=1S/C14H19BrFNO/c1-17-12(9-13-3-2-6-18-13)7-10-4-5-11(16)8-14(10)15/h4-5,8,12-13,17H,2-3,6-7,9H2,1H3. The zero-order valence-electron chi connectivity index (χ0n) is 10.6. The van der Waals surface area contributed by atoms with E-state index in [1.165, 1.54) is 18.6 Å². The molecule has 2 atom stereocenters. The zero-order valence-corrected chi connectivity index (χ0v) is 12.2. The van der Waals surface area contributed by atoms with Crippen LogP contribution in [0.5, 0.6) is 0 Å². The first kappa shape index (κ1) is 14.0. The molecule has 4 heteroatoms. The highest BCUT2D eigenvalue weighted by molar-refractivity contribution is 9.10. The summed E-state index contributed by atoms with van der Waals surface area (Å²) in [6, 6.07) is 5.25. The molecular formula is C14H19BrFNO. The molecule has 1 saturated heterocycles. The Labute approximate surface area is 116 Å². The van der Waals surface area contributed by atoms with Gasteiger partial charge in [-0.05, 0) is 50.4 Å². The summed E-state index contributed by atoms with van der Waals surface area (Å²) >= 11 is 3.42. The number of ether oxygens (including phenoxy) is 1. The molecule has 100 valence electrons. The second-order valence-electron chi connectivity index (χ2n) is 4.80. The number of likely N-dealkylation sites (N-methyl/N-ethyl adjacent to an activating group) is 1. The van der Waals surface area contributed by atoms with Gasteiger partial charge in [-0.2, -0.15) is 0 Å². The van der Waals surface area contributed by atoms with E-state index in [0.29, 0.717) is 12.1 Å². The fourth-order valence-corrected chi connectivity index (χ4v) is 2.92. The van der Waals surface area contributed by atoms with Crippen molar-refractivity contribution < 1.29 is 9.13 Å². The van der Waals surface area contributed by atoms with Crippen molar-refractivity contribution in [1.29, 1.82) is 0 Å². The van der Waals surface area contributed by atoms with E-state index in [1.807, 2.05) is 13.1 Å². The summed E-state index contributed by atoms with van der Waals surface area (Å²) in [5, 5.41) is 3.32. The van der Waals surface area contributed by atoms with Gasteiger partial charge in [0.05, 0.1) is 6.10 Å². The predicted octanol–water partition coefficient (Wildman–Crippen LogP) is 3.29. The van der Waals surface area contributed by atoms with E-state index in [-0.39, 0.29) is 5.82 Å². The number of halogens is 2. The van der Waals surface area contributed by atoms with Crippen LogP contribution >= 0.6 is 15.9 Å². The van der Waals surface area contributed by atoms with Crippen molar-refractivity contribution in [3.05, 3.63) is 34.1 Å². The maximum Gasteiger partial charge on any atom is 0.124 e. The summed E-state index contributed by atoms with van der Waals surface area (Å²) in [6.07, 6.45) is 4.60. The molecule has 1 aromatic rings. The molecular weight excluding hydrogens is 297 g/mol. The SMILES string of the molecule is CNC(Cc1ccc(F)cc1Br)CC1CCCO1. The van der Waals surface area contributed by atoms with E-state index < -0.39 is 0 Å². The molecule has 2 unspecified atom stereocenters. The smallest absolute Gasteiger partial charge is 0.124 e. The molecule has 0 aromatic heterocycles. The number of hydrogen-bond acceptors (Lipinski definition) is 2. The van der Waals surface area contributed by atoms with Crippen LogP contribution in [0.1, 0.15) is 24.8 Å². The fraction of sp³-hybridized carbons (Fsp3) is 0.571. The quantitative estimate of drug-likeness (QED) is 0.900. The first-order valence-electron chi connectivity index (χ1n) is 6.42. The second kappa shape index (κ2) is 6.64. The first-order chi connectivity index (χ1) is 8.69. The lowest BCUT2D eigenvalue weighted by Gasteiger charge is -2.20. The van der Waals surface area contributed by atoms with Crippen molar-refractivity contribution in [3.8, 4) is 0 Å². The third kappa shape index (κ3) is 3.77. The van der Waals surface area contributed by atoms with Crippen molar-refractivity contribution in [2.45, 2.75) is 37.8 Å². The molecule has 0 radical (unpaired) electrons. The Bertz CT molecular complexity index is 393. The number of nitrogens with one attached hydrogen (secondary N) is 1. The van der Waals surface area contributed by atoms with Gasteiger partial charge in [-0.15, -0.1) is 0 Å². The highest BCUT2D eigenvalue weighted by atomic mass is 79.9.